The molecule has 0 atom stereocenters. The standard InChI is InChI=1S/C16H12ClF3N2O2/c17-14-5-4-12(16(18,19)20)8-11(14)9-21-22-15(24)7-10-2-1-3-13(23)6-10/h1-6,8-9,23H,7H2,(H,22,24)/b21-9+. The molecule has 0 heterocycles. The first kappa shape index (κ1) is 17.8. The Bertz CT molecular complexity index is 776. The lowest BCUT2D eigenvalue weighted by atomic mass is 10.1. The molecule has 0 aromatic heterocycles. The number of hydrazone groups is 1. The van der Waals surface area contributed by atoms with Crippen molar-refractivity contribution in [3.05, 3.63) is 64.2 Å². The van der Waals surface area contributed by atoms with Gasteiger partial charge in [-0.05, 0) is 35.9 Å². The summed E-state index contributed by atoms with van der Waals surface area (Å²) in [4.78, 5) is 11.7. The molecule has 24 heavy (non-hydrogen) atoms. The van der Waals surface area contributed by atoms with Gasteiger partial charge in [0.05, 0.1) is 18.2 Å². The van der Waals surface area contributed by atoms with Gasteiger partial charge in [0.2, 0.25) is 5.91 Å². The Hall–Kier alpha value is -2.54. The molecular formula is C16H12ClF3N2O2. The maximum absolute atomic E-state index is 12.6. The van der Waals surface area contributed by atoms with Crippen LogP contribution in [0, 0.1) is 0 Å². The highest BCUT2D eigenvalue weighted by Crippen LogP contribution is 2.31. The van der Waals surface area contributed by atoms with Crippen LogP contribution in [0.1, 0.15) is 16.7 Å². The van der Waals surface area contributed by atoms with E-state index in [9.17, 15) is 23.1 Å². The first-order chi connectivity index (χ1) is 11.3. The van der Waals surface area contributed by atoms with Gasteiger partial charge in [-0.2, -0.15) is 18.3 Å². The molecule has 0 aliphatic carbocycles. The van der Waals surface area contributed by atoms with Crippen LogP contribution in [0.3, 0.4) is 0 Å². The number of amides is 1. The monoisotopic (exact) mass is 356 g/mol. The zero-order valence-corrected chi connectivity index (χ0v) is 12.9. The number of nitrogens with zero attached hydrogens (tertiary/aromatic N) is 1. The highest BCUT2D eigenvalue weighted by atomic mass is 35.5. The van der Waals surface area contributed by atoms with Crippen molar-refractivity contribution in [2.45, 2.75) is 12.6 Å². The van der Waals surface area contributed by atoms with Gasteiger partial charge in [-0.3, -0.25) is 4.79 Å². The molecule has 2 aromatic rings. The Labute approximate surface area is 140 Å². The second kappa shape index (κ2) is 7.35. The zero-order chi connectivity index (χ0) is 17.7. The fourth-order valence-corrected chi connectivity index (χ4v) is 2.05. The van der Waals surface area contributed by atoms with Gasteiger partial charge < -0.3 is 5.11 Å². The van der Waals surface area contributed by atoms with Gasteiger partial charge in [0.25, 0.3) is 0 Å². The van der Waals surface area contributed by atoms with Crippen molar-refractivity contribution in [2.24, 2.45) is 5.10 Å². The molecule has 0 bridgehead atoms. The summed E-state index contributed by atoms with van der Waals surface area (Å²) >= 11 is 5.81. The number of carbonyl (C=O) groups excluding carboxylic acids is 1. The van der Waals surface area contributed by atoms with E-state index in [0.717, 1.165) is 24.4 Å². The number of phenolic OH excluding ortho intramolecular Hbond substituents is 1. The maximum atomic E-state index is 12.6. The summed E-state index contributed by atoms with van der Waals surface area (Å²) in [5.74, 6) is -0.459. The largest absolute Gasteiger partial charge is 0.508 e. The van der Waals surface area contributed by atoms with Crippen LogP contribution in [-0.4, -0.2) is 17.2 Å². The average Bonchev–Trinajstić information content (AvgIpc) is 2.48. The fourth-order valence-electron chi connectivity index (χ4n) is 1.88. The maximum Gasteiger partial charge on any atom is 0.416 e. The number of aromatic hydroxyl groups is 1. The van der Waals surface area contributed by atoms with Crippen LogP contribution < -0.4 is 5.43 Å². The minimum atomic E-state index is -4.49. The van der Waals surface area contributed by atoms with Gasteiger partial charge >= 0.3 is 6.18 Å². The van der Waals surface area contributed by atoms with Gasteiger partial charge in [0.15, 0.2) is 0 Å². The Kier molecular flexibility index (Phi) is 5.46. The van der Waals surface area contributed by atoms with Crippen LogP contribution in [0.4, 0.5) is 13.2 Å². The van der Waals surface area contributed by atoms with E-state index in [2.05, 4.69) is 10.5 Å². The van der Waals surface area contributed by atoms with E-state index in [-0.39, 0.29) is 22.8 Å². The van der Waals surface area contributed by atoms with Crippen molar-refractivity contribution < 1.29 is 23.1 Å². The lowest BCUT2D eigenvalue weighted by molar-refractivity contribution is -0.137. The van der Waals surface area contributed by atoms with Gasteiger partial charge in [0, 0.05) is 10.6 Å². The third-order valence-electron chi connectivity index (χ3n) is 2.99. The first-order valence-corrected chi connectivity index (χ1v) is 7.10. The molecule has 2 N–H and O–H groups in total. The number of hydrogen-bond acceptors (Lipinski definition) is 3. The minimum Gasteiger partial charge on any atom is -0.508 e. The van der Waals surface area contributed by atoms with Crippen LogP contribution in [0.2, 0.25) is 5.02 Å². The average molecular weight is 357 g/mol. The lowest BCUT2D eigenvalue weighted by Crippen LogP contribution is -2.19. The van der Waals surface area contributed by atoms with E-state index in [1.165, 1.54) is 12.1 Å². The number of rotatable bonds is 4. The van der Waals surface area contributed by atoms with Crippen LogP contribution in [-0.2, 0) is 17.4 Å². The van der Waals surface area contributed by atoms with E-state index in [0.29, 0.717) is 5.56 Å². The quantitative estimate of drug-likeness (QED) is 0.647. The summed E-state index contributed by atoms with van der Waals surface area (Å²) in [5.41, 5.74) is 1.93. The van der Waals surface area contributed by atoms with E-state index in [1.807, 2.05) is 0 Å². The third kappa shape index (κ3) is 4.99. The number of carbonyl (C=O) groups is 1. The van der Waals surface area contributed by atoms with Crippen molar-refractivity contribution >= 4 is 23.7 Å². The van der Waals surface area contributed by atoms with Gasteiger partial charge in [0.1, 0.15) is 5.75 Å². The van der Waals surface area contributed by atoms with Crippen LogP contribution >= 0.6 is 11.6 Å². The van der Waals surface area contributed by atoms with Crippen molar-refractivity contribution in [1.82, 2.24) is 5.43 Å². The van der Waals surface area contributed by atoms with E-state index < -0.39 is 17.6 Å². The summed E-state index contributed by atoms with van der Waals surface area (Å²) < 4.78 is 37.9. The van der Waals surface area contributed by atoms with E-state index >= 15 is 0 Å². The molecule has 2 aromatic carbocycles. The molecule has 0 spiro atoms. The molecule has 126 valence electrons. The number of halogens is 4. The molecule has 0 saturated heterocycles. The lowest BCUT2D eigenvalue weighted by Gasteiger charge is -2.08. The molecule has 2 rings (SSSR count). The van der Waals surface area contributed by atoms with Crippen molar-refractivity contribution in [1.29, 1.82) is 0 Å². The predicted molar refractivity (Wildman–Crippen MR) is 84.0 cm³/mol. The second-order valence-electron chi connectivity index (χ2n) is 4.87. The SMILES string of the molecule is O=C(Cc1cccc(O)c1)N/N=C/c1cc(C(F)(F)F)ccc1Cl. The van der Waals surface area contributed by atoms with E-state index in [1.54, 1.807) is 12.1 Å². The summed E-state index contributed by atoms with van der Waals surface area (Å²) in [6.45, 7) is 0. The molecule has 8 heteroatoms. The minimum absolute atomic E-state index is 0.0274. The Morgan fingerprint density at radius 2 is 2.00 bits per heavy atom. The van der Waals surface area contributed by atoms with Crippen molar-refractivity contribution in [3.63, 3.8) is 0 Å². The Morgan fingerprint density at radius 3 is 2.67 bits per heavy atom. The van der Waals surface area contributed by atoms with Gasteiger partial charge in [-0.1, -0.05) is 23.7 Å². The topological polar surface area (TPSA) is 61.7 Å². The Balaban J connectivity index is 2.02. The van der Waals surface area contributed by atoms with Crippen LogP contribution in [0.15, 0.2) is 47.6 Å². The molecule has 0 aliphatic heterocycles. The summed E-state index contributed by atoms with van der Waals surface area (Å²) in [6.07, 6.45) is -3.49. The van der Waals surface area contributed by atoms with Crippen LogP contribution in [0.5, 0.6) is 5.75 Å². The highest BCUT2D eigenvalue weighted by molar-refractivity contribution is 6.33. The molecule has 0 aliphatic rings. The number of hydrogen-bond donors (Lipinski definition) is 2. The zero-order valence-electron chi connectivity index (χ0n) is 12.1. The first-order valence-electron chi connectivity index (χ1n) is 6.72. The van der Waals surface area contributed by atoms with Crippen molar-refractivity contribution in [3.8, 4) is 5.75 Å². The molecule has 4 nitrogen and oxygen atoms in total. The number of nitrogens with one attached hydrogen (secondary N) is 1. The third-order valence-corrected chi connectivity index (χ3v) is 3.34. The molecule has 0 fully saturated rings. The molecule has 0 unspecified atom stereocenters. The van der Waals surface area contributed by atoms with Gasteiger partial charge in [-0.15, -0.1) is 0 Å². The summed E-state index contributed by atoms with van der Waals surface area (Å²) in [7, 11) is 0. The number of alkyl halides is 3. The normalized spacial score (nSPS) is 11.7. The van der Waals surface area contributed by atoms with Crippen molar-refractivity contribution in [2.75, 3.05) is 0 Å². The Morgan fingerprint density at radius 1 is 1.25 bits per heavy atom. The highest BCUT2D eigenvalue weighted by Gasteiger charge is 2.30. The van der Waals surface area contributed by atoms with Crippen LogP contribution in [0.25, 0.3) is 0 Å². The molecular weight excluding hydrogens is 345 g/mol. The smallest absolute Gasteiger partial charge is 0.416 e. The molecule has 1 amide bonds. The molecule has 0 radical (unpaired) electrons. The molecule has 0 saturated carbocycles. The fraction of sp³-hybridized carbons (Fsp3) is 0.125. The second-order valence-corrected chi connectivity index (χ2v) is 5.28. The summed E-state index contributed by atoms with van der Waals surface area (Å²) in [6, 6.07) is 8.94. The predicted octanol–water partition coefficient (Wildman–Crippen LogP) is 3.76. The summed E-state index contributed by atoms with van der Waals surface area (Å²) in [5, 5.41) is 13.0. The van der Waals surface area contributed by atoms with E-state index in [4.69, 9.17) is 11.6 Å². The van der Waals surface area contributed by atoms with Gasteiger partial charge in [-0.25, -0.2) is 5.43 Å². The number of phenols is 1. The number of benzene rings is 2.